The average molecular weight is 215 g/mol. The summed E-state index contributed by atoms with van der Waals surface area (Å²) in [5.74, 6) is 5.41. The molecule has 7 heteroatoms. The predicted octanol–water partition coefficient (Wildman–Crippen LogP) is -0.0436. The van der Waals surface area contributed by atoms with Gasteiger partial charge >= 0.3 is 12.1 Å². The van der Waals surface area contributed by atoms with E-state index in [1.807, 2.05) is 20.8 Å². The van der Waals surface area contributed by atoms with Crippen LogP contribution in [-0.4, -0.2) is 33.8 Å². The van der Waals surface area contributed by atoms with E-state index < -0.39 is 17.6 Å². The zero-order valence-corrected chi connectivity index (χ0v) is 9.37. The van der Waals surface area contributed by atoms with Gasteiger partial charge in [0, 0.05) is 5.54 Å². The first-order valence-corrected chi connectivity index (χ1v) is 4.69. The van der Waals surface area contributed by atoms with Gasteiger partial charge in [-0.3, -0.25) is 0 Å². The monoisotopic (exact) mass is 215 g/mol. The number of imide groups is 1. The van der Waals surface area contributed by atoms with E-state index in [-0.39, 0.29) is 6.17 Å². The van der Waals surface area contributed by atoms with Crippen LogP contribution in [-0.2, 0) is 0 Å². The predicted molar refractivity (Wildman–Crippen MR) is 54.1 cm³/mol. The maximum atomic E-state index is 11.6. The summed E-state index contributed by atoms with van der Waals surface area (Å²) in [5, 5.41) is 4.49. The fraction of sp³-hybridized carbons (Fsp3) is 0.750. The highest BCUT2D eigenvalue weighted by molar-refractivity contribution is 5.94. The third-order valence-corrected chi connectivity index (χ3v) is 1.83. The van der Waals surface area contributed by atoms with Gasteiger partial charge in [0.25, 0.3) is 0 Å². The first kappa shape index (κ1) is 11.7. The standard InChI is InChI=1S/C8H17N5O2/c1-5-11-13(7(15)12(5)9)6(14)10-8(2,3)4/h5,11H,9H2,1-4H3,(H,10,14). The molecule has 1 atom stereocenters. The molecule has 0 bridgehead atoms. The van der Waals surface area contributed by atoms with Crippen LogP contribution in [0.5, 0.6) is 0 Å². The van der Waals surface area contributed by atoms with Gasteiger partial charge in [-0.05, 0) is 27.7 Å². The van der Waals surface area contributed by atoms with Crippen molar-refractivity contribution >= 4 is 12.1 Å². The second kappa shape index (κ2) is 3.67. The van der Waals surface area contributed by atoms with Crippen molar-refractivity contribution in [1.82, 2.24) is 20.8 Å². The summed E-state index contributed by atoms with van der Waals surface area (Å²) in [4.78, 5) is 23.1. The van der Waals surface area contributed by atoms with Crippen LogP contribution < -0.4 is 16.6 Å². The van der Waals surface area contributed by atoms with Crippen LogP contribution >= 0.6 is 0 Å². The fourth-order valence-corrected chi connectivity index (χ4v) is 1.11. The lowest BCUT2D eigenvalue weighted by molar-refractivity contribution is 0.173. The smallest absolute Gasteiger partial charge is 0.332 e. The van der Waals surface area contributed by atoms with Crippen molar-refractivity contribution in [1.29, 1.82) is 0 Å². The number of nitrogens with two attached hydrogens (primary N) is 1. The third-order valence-electron chi connectivity index (χ3n) is 1.83. The molecule has 0 aromatic carbocycles. The number of amides is 4. The van der Waals surface area contributed by atoms with Crippen molar-refractivity contribution in [3.63, 3.8) is 0 Å². The fourth-order valence-electron chi connectivity index (χ4n) is 1.11. The lowest BCUT2D eigenvalue weighted by atomic mass is 10.1. The maximum Gasteiger partial charge on any atom is 0.358 e. The van der Waals surface area contributed by atoms with Crippen molar-refractivity contribution in [2.45, 2.75) is 39.4 Å². The molecule has 1 unspecified atom stereocenters. The number of hydrazine groups is 2. The van der Waals surface area contributed by atoms with Crippen LogP contribution in [0, 0.1) is 0 Å². The lowest BCUT2D eigenvalue weighted by Crippen LogP contribution is -2.53. The largest absolute Gasteiger partial charge is 0.358 e. The van der Waals surface area contributed by atoms with Gasteiger partial charge in [0.05, 0.1) is 0 Å². The molecule has 1 aliphatic rings. The van der Waals surface area contributed by atoms with Crippen LogP contribution in [0.2, 0.25) is 0 Å². The molecule has 4 N–H and O–H groups in total. The molecule has 0 saturated carbocycles. The molecule has 0 aromatic heterocycles. The Morgan fingerprint density at radius 1 is 1.53 bits per heavy atom. The van der Waals surface area contributed by atoms with E-state index in [9.17, 15) is 9.59 Å². The minimum absolute atomic E-state index is 0.386. The highest BCUT2D eigenvalue weighted by Gasteiger charge is 2.37. The molecule has 1 heterocycles. The molecular formula is C8H17N5O2. The molecule has 0 spiro atoms. The van der Waals surface area contributed by atoms with Gasteiger partial charge in [-0.25, -0.2) is 20.4 Å². The summed E-state index contributed by atoms with van der Waals surface area (Å²) in [6, 6.07) is -1.07. The molecule has 1 aliphatic heterocycles. The van der Waals surface area contributed by atoms with Gasteiger partial charge in [-0.15, -0.1) is 0 Å². The molecule has 1 rings (SSSR count). The Balaban J connectivity index is 2.67. The molecule has 1 fully saturated rings. The van der Waals surface area contributed by atoms with E-state index in [1.165, 1.54) is 0 Å². The number of hydrogen-bond donors (Lipinski definition) is 3. The number of nitrogens with one attached hydrogen (secondary N) is 2. The summed E-state index contributed by atoms with van der Waals surface area (Å²) < 4.78 is 0. The van der Waals surface area contributed by atoms with Gasteiger partial charge in [-0.1, -0.05) is 0 Å². The number of carbonyl (C=O) groups excluding carboxylic acids is 2. The second-order valence-electron chi connectivity index (χ2n) is 4.51. The van der Waals surface area contributed by atoms with E-state index in [4.69, 9.17) is 5.84 Å². The van der Waals surface area contributed by atoms with E-state index >= 15 is 0 Å². The van der Waals surface area contributed by atoms with Crippen molar-refractivity contribution in [3.05, 3.63) is 0 Å². The van der Waals surface area contributed by atoms with Crippen LogP contribution in [0.4, 0.5) is 9.59 Å². The first-order valence-electron chi connectivity index (χ1n) is 4.69. The number of rotatable bonds is 0. The van der Waals surface area contributed by atoms with Crippen LogP contribution in [0.15, 0.2) is 0 Å². The maximum absolute atomic E-state index is 11.6. The molecule has 0 aromatic rings. The molecule has 0 radical (unpaired) electrons. The number of nitrogens with zero attached hydrogens (tertiary/aromatic N) is 2. The van der Waals surface area contributed by atoms with Crippen molar-refractivity contribution in [2.24, 2.45) is 5.84 Å². The zero-order chi connectivity index (χ0) is 11.8. The second-order valence-corrected chi connectivity index (χ2v) is 4.51. The molecule has 0 aliphatic carbocycles. The molecule has 4 amide bonds. The summed E-state index contributed by atoms with van der Waals surface area (Å²) in [7, 11) is 0. The Morgan fingerprint density at radius 2 is 2.07 bits per heavy atom. The van der Waals surface area contributed by atoms with Crippen LogP contribution in [0.25, 0.3) is 0 Å². The SMILES string of the molecule is CC1NN(C(=O)NC(C)(C)C)C(=O)N1N. The van der Waals surface area contributed by atoms with Gasteiger partial charge in [0.1, 0.15) is 6.17 Å². The summed E-state index contributed by atoms with van der Waals surface area (Å²) in [5.41, 5.74) is 2.25. The van der Waals surface area contributed by atoms with Gasteiger partial charge in [-0.2, -0.15) is 10.4 Å². The third kappa shape index (κ3) is 2.57. The normalized spacial score (nSPS) is 22.2. The molecule has 86 valence electrons. The molecule has 1 saturated heterocycles. The van der Waals surface area contributed by atoms with Crippen molar-refractivity contribution < 1.29 is 9.59 Å². The Kier molecular flexibility index (Phi) is 2.87. The highest BCUT2D eigenvalue weighted by atomic mass is 16.2. The number of urea groups is 2. The Morgan fingerprint density at radius 3 is 2.40 bits per heavy atom. The van der Waals surface area contributed by atoms with Gasteiger partial charge in [0.15, 0.2) is 0 Å². The van der Waals surface area contributed by atoms with E-state index in [2.05, 4.69) is 10.7 Å². The van der Waals surface area contributed by atoms with Crippen molar-refractivity contribution in [3.8, 4) is 0 Å². The van der Waals surface area contributed by atoms with Gasteiger partial charge < -0.3 is 5.32 Å². The molecule has 15 heavy (non-hydrogen) atoms. The minimum Gasteiger partial charge on any atom is -0.332 e. The Labute approximate surface area is 88.5 Å². The highest BCUT2D eigenvalue weighted by Crippen LogP contribution is 2.08. The Hall–Kier alpha value is -1.34. The summed E-state index contributed by atoms with van der Waals surface area (Å²) in [6.45, 7) is 7.17. The summed E-state index contributed by atoms with van der Waals surface area (Å²) in [6.07, 6.45) is -0.386. The topological polar surface area (TPSA) is 90.7 Å². The van der Waals surface area contributed by atoms with E-state index in [1.54, 1.807) is 6.92 Å². The Bertz CT molecular complexity index is 285. The van der Waals surface area contributed by atoms with E-state index in [0.717, 1.165) is 10.0 Å². The zero-order valence-electron chi connectivity index (χ0n) is 9.37. The van der Waals surface area contributed by atoms with Crippen LogP contribution in [0.1, 0.15) is 27.7 Å². The number of hydrogen-bond acceptors (Lipinski definition) is 4. The minimum atomic E-state index is -0.566. The lowest BCUT2D eigenvalue weighted by Gasteiger charge is -2.23. The molecule has 7 nitrogen and oxygen atoms in total. The first-order chi connectivity index (χ1) is 6.72. The van der Waals surface area contributed by atoms with Gasteiger partial charge in [0.2, 0.25) is 0 Å². The quantitative estimate of drug-likeness (QED) is 0.390. The number of carbonyl (C=O) groups is 2. The van der Waals surface area contributed by atoms with Crippen LogP contribution in [0.3, 0.4) is 0 Å². The average Bonchev–Trinajstić information content (AvgIpc) is 2.30. The van der Waals surface area contributed by atoms with E-state index in [0.29, 0.717) is 0 Å². The molecular weight excluding hydrogens is 198 g/mol. The van der Waals surface area contributed by atoms with Crippen molar-refractivity contribution in [2.75, 3.05) is 0 Å². The summed E-state index contributed by atoms with van der Waals surface area (Å²) >= 11 is 0.